The highest BCUT2D eigenvalue weighted by Gasteiger charge is 2.32. The number of nitrogens with zero attached hydrogens (tertiary/aromatic N) is 5. The maximum absolute atomic E-state index is 13.2. The van der Waals surface area contributed by atoms with Gasteiger partial charge in [0.15, 0.2) is 5.82 Å². The number of aromatic nitrogens is 4. The van der Waals surface area contributed by atoms with Crippen molar-refractivity contribution in [3.05, 3.63) is 53.9 Å². The summed E-state index contributed by atoms with van der Waals surface area (Å²) in [6, 6.07) is 11.0. The van der Waals surface area contributed by atoms with Gasteiger partial charge < -0.3 is 14.8 Å². The van der Waals surface area contributed by atoms with Crippen LogP contribution in [0.1, 0.15) is 30.0 Å². The molecule has 1 saturated heterocycles. The van der Waals surface area contributed by atoms with Gasteiger partial charge >= 0.3 is 0 Å². The van der Waals surface area contributed by atoms with Crippen molar-refractivity contribution in [3.8, 4) is 11.4 Å². The fraction of sp³-hybridized carbons (Fsp3) is 0.364. The minimum absolute atomic E-state index is 0.0567. The molecule has 11 nitrogen and oxygen atoms in total. The van der Waals surface area contributed by atoms with Crippen molar-refractivity contribution in [2.75, 3.05) is 25.5 Å². The highest BCUT2D eigenvalue weighted by Crippen LogP contribution is 2.27. The smallest absolute Gasteiger partial charge is 0.255 e. The molecule has 2 atom stereocenters. The Hall–Kier alpha value is -3.35. The van der Waals surface area contributed by atoms with Gasteiger partial charge in [0.05, 0.1) is 24.2 Å². The fourth-order valence-corrected chi connectivity index (χ4v) is 5.50. The molecule has 180 valence electrons. The molecule has 1 aromatic heterocycles. The van der Waals surface area contributed by atoms with Crippen LogP contribution in [0.4, 0.5) is 5.69 Å². The van der Waals surface area contributed by atoms with E-state index in [1.165, 1.54) is 28.2 Å². The highest BCUT2D eigenvalue weighted by molar-refractivity contribution is 7.89. The second-order valence-corrected chi connectivity index (χ2v) is 10.0. The lowest BCUT2D eigenvalue weighted by Gasteiger charge is -2.34. The summed E-state index contributed by atoms with van der Waals surface area (Å²) in [7, 11) is -2.25. The number of methoxy groups -OCH3 is 1. The lowest BCUT2D eigenvalue weighted by atomic mass is 10.2. The number of anilines is 1. The van der Waals surface area contributed by atoms with Gasteiger partial charge in [-0.1, -0.05) is 6.07 Å². The Morgan fingerprint density at radius 1 is 1.15 bits per heavy atom. The molecule has 1 N–H and O–H groups in total. The lowest BCUT2D eigenvalue weighted by Crippen LogP contribution is -2.48. The van der Waals surface area contributed by atoms with Crippen LogP contribution < -0.4 is 10.1 Å². The number of aryl methyl sites for hydroxylation is 1. The molecule has 2 aromatic carbocycles. The third-order valence-electron chi connectivity index (χ3n) is 5.41. The van der Waals surface area contributed by atoms with E-state index in [2.05, 4.69) is 20.8 Å². The predicted molar refractivity (Wildman–Crippen MR) is 124 cm³/mol. The fourth-order valence-electron chi connectivity index (χ4n) is 3.86. The number of carbonyl (C=O) groups excluding carboxylic acids is 1. The number of benzene rings is 2. The minimum Gasteiger partial charge on any atom is -0.494 e. The average Bonchev–Trinajstić information content (AvgIpc) is 3.24. The first-order valence-corrected chi connectivity index (χ1v) is 12.1. The van der Waals surface area contributed by atoms with E-state index in [-0.39, 0.29) is 35.8 Å². The van der Waals surface area contributed by atoms with Gasteiger partial charge in [-0.2, -0.15) is 8.99 Å². The van der Waals surface area contributed by atoms with Crippen molar-refractivity contribution in [3.63, 3.8) is 0 Å². The molecule has 0 radical (unpaired) electrons. The van der Waals surface area contributed by atoms with Crippen molar-refractivity contribution in [2.45, 2.75) is 37.9 Å². The molecule has 0 spiro atoms. The Morgan fingerprint density at radius 2 is 1.88 bits per heavy atom. The van der Waals surface area contributed by atoms with Gasteiger partial charge in [0, 0.05) is 24.3 Å². The molecular formula is C22H26N6O5S. The first-order valence-electron chi connectivity index (χ1n) is 10.7. The number of ether oxygens (including phenoxy) is 2. The second-order valence-electron chi connectivity index (χ2n) is 8.09. The lowest BCUT2D eigenvalue weighted by molar-refractivity contribution is -0.0440. The van der Waals surface area contributed by atoms with Crippen LogP contribution in [-0.4, -0.2) is 71.2 Å². The standard InChI is InChI=1S/C22H26N6O5S/c1-14-12-27(13-15(2)33-14)34(30,31)19-7-5-6-17(10-19)22(29)23-18-8-9-21(32-4)20(11-18)28-16(3)24-25-26-28/h5-11,14-15H,12-13H2,1-4H3,(H,23,29). The number of nitrogens with one attached hydrogen (secondary N) is 1. The molecule has 3 aromatic rings. The van der Waals surface area contributed by atoms with E-state index >= 15 is 0 Å². The van der Waals surface area contributed by atoms with E-state index < -0.39 is 15.9 Å². The van der Waals surface area contributed by atoms with E-state index in [4.69, 9.17) is 9.47 Å². The van der Waals surface area contributed by atoms with Crippen LogP contribution >= 0.6 is 0 Å². The Morgan fingerprint density at radius 3 is 2.53 bits per heavy atom. The quantitative estimate of drug-likeness (QED) is 0.560. The van der Waals surface area contributed by atoms with E-state index in [9.17, 15) is 13.2 Å². The number of morpholine rings is 1. The monoisotopic (exact) mass is 486 g/mol. The second kappa shape index (κ2) is 9.49. The number of amides is 1. The van der Waals surface area contributed by atoms with Crippen LogP contribution in [0.5, 0.6) is 5.75 Å². The number of hydrogen-bond donors (Lipinski definition) is 1. The van der Waals surface area contributed by atoms with E-state index in [0.29, 0.717) is 22.9 Å². The van der Waals surface area contributed by atoms with Gasteiger partial charge in [0.25, 0.3) is 5.91 Å². The summed E-state index contributed by atoms with van der Waals surface area (Å²) >= 11 is 0. The van der Waals surface area contributed by atoms with Crippen molar-refractivity contribution in [1.82, 2.24) is 24.5 Å². The molecular weight excluding hydrogens is 460 g/mol. The molecule has 0 saturated carbocycles. The topological polar surface area (TPSA) is 129 Å². The summed E-state index contributed by atoms with van der Waals surface area (Å²) in [6.07, 6.45) is -0.420. The predicted octanol–water partition coefficient (Wildman–Crippen LogP) is 2.03. The maximum Gasteiger partial charge on any atom is 0.255 e. The number of hydrogen-bond acceptors (Lipinski definition) is 8. The van der Waals surface area contributed by atoms with Crippen LogP contribution in [0.25, 0.3) is 5.69 Å². The molecule has 12 heteroatoms. The van der Waals surface area contributed by atoms with Crippen LogP contribution in [-0.2, 0) is 14.8 Å². The SMILES string of the molecule is COc1ccc(NC(=O)c2cccc(S(=O)(=O)N3CC(C)OC(C)C3)c2)cc1-n1nnnc1C. The van der Waals surface area contributed by atoms with Crippen molar-refractivity contribution >= 4 is 21.6 Å². The molecule has 1 aliphatic rings. The van der Waals surface area contributed by atoms with Gasteiger partial charge in [0.2, 0.25) is 10.0 Å². The number of rotatable bonds is 6. The van der Waals surface area contributed by atoms with Gasteiger partial charge in [-0.3, -0.25) is 4.79 Å². The van der Waals surface area contributed by atoms with E-state index in [0.717, 1.165) is 0 Å². The molecule has 2 heterocycles. The van der Waals surface area contributed by atoms with Gasteiger partial charge in [0.1, 0.15) is 11.4 Å². The molecule has 4 rings (SSSR count). The third-order valence-corrected chi connectivity index (χ3v) is 7.24. The zero-order chi connectivity index (χ0) is 24.5. The van der Waals surface area contributed by atoms with Crippen molar-refractivity contribution in [2.24, 2.45) is 0 Å². The Labute approximate surface area is 197 Å². The van der Waals surface area contributed by atoms with Crippen LogP contribution in [0, 0.1) is 6.92 Å². The molecule has 1 amide bonds. The van der Waals surface area contributed by atoms with Crippen LogP contribution in [0.2, 0.25) is 0 Å². The minimum atomic E-state index is -3.78. The van der Waals surface area contributed by atoms with E-state index in [1.54, 1.807) is 37.3 Å². The van der Waals surface area contributed by atoms with Crippen LogP contribution in [0.3, 0.4) is 0 Å². The molecule has 0 bridgehead atoms. The van der Waals surface area contributed by atoms with Gasteiger partial charge in [-0.15, -0.1) is 5.10 Å². The third kappa shape index (κ3) is 4.79. The summed E-state index contributed by atoms with van der Waals surface area (Å²) < 4.78 is 40.3. The summed E-state index contributed by atoms with van der Waals surface area (Å²) in [5.74, 6) is 0.618. The zero-order valence-corrected chi connectivity index (χ0v) is 20.1. The summed E-state index contributed by atoms with van der Waals surface area (Å²) in [5.41, 5.74) is 1.24. The molecule has 34 heavy (non-hydrogen) atoms. The summed E-state index contributed by atoms with van der Waals surface area (Å²) in [6.45, 7) is 5.93. The maximum atomic E-state index is 13.2. The Balaban J connectivity index is 1.58. The van der Waals surface area contributed by atoms with Crippen molar-refractivity contribution in [1.29, 1.82) is 0 Å². The number of tetrazole rings is 1. The summed E-state index contributed by atoms with van der Waals surface area (Å²) in [5, 5.41) is 14.3. The Bertz CT molecular complexity index is 1300. The molecule has 2 unspecified atom stereocenters. The van der Waals surface area contributed by atoms with Crippen LogP contribution in [0.15, 0.2) is 47.4 Å². The molecule has 1 fully saturated rings. The zero-order valence-electron chi connectivity index (χ0n) is 19.3. The van der Waals surface area contributed by atoms with Crippen molar-refractivity contribution < 1.29 is 22.7 Å². The first-order chi connectivity index (χ1) is 16.2. The largest absolute Gasteiger partial charge is 0.494 e. The number of sulfonamides is 1. The summed E-state index contributed by atoms with van der Waals surface area (Å²) in [4.78, 5) is 13.0. The van der Waals surface area contributed by atoms with Gasteiger partial charge in [-0.05, 0) is 67.6 Å². The molecule has 1 aliphatic heterocycles. The van der Waals surface area contributed by atoms with Gasteiger partial charge in [-0.25, -0.2) is 8.42 Å². The highest BCUT2D eigenvalue weighted by atomic mass is 32.2. The van der Waals surface area contributed by atoms with E-state index in [1.807, 2.05) is 13.8 Å². The average molecular weight is 487 g/mol. The Kier molecular flexibility index (Phi) is 6.64. The number of carbonyl (C=O) groups is 1. The molecule has 0 aliphatic carbocycles. The normalized spacial score (nSPS) is 19.1. The first kappa shape index (κ1) is 23.8.